The smallest absolute Gasteiger partial charge is 0.198 e. The first-order valence-electron chi connectivity index (χ1n) is 9.67. The van der Waals surface area contributed by atoms with Crippen molar-refractivity contribution in [3.05, 3.63) is 107 Å². The normalized spacial score (nSPS) is 13.1. The molecule has 0 amide bonds. The number of fused-ring (bicyclic) bond motifs is 2. The average molecular weight is 423 g/mol. The van der Waals surface area contributed by atoms with Crippen molar-refractivity contribution in [1.29, 1.82) is 0 Å². The van der Waals surface area contributed by atoms with E-state index in [-0.39, 0.29) is 34.0 Å². The molecule has 1 N–H and O–H groups in total. The van der Waals surface area contributed by atoms with Gasteiger partial charge in [0.25, 0.3) is 0 Å². The summed E-state index contributed by atoms with van der Waals surface area (Å²) in [5, 5.41) is 11.1. The van der Waals surface area contributed by atoms with E-state index in [1.807, 2.05) is 37.3 Å². The van der Waals surface area contributed by atoms with Crippen LogP contribution in [0.15, 0.2) is 88.7 Å². The highest BCUT2D eigenvalue weighted by Gasteiger charge is 2.35. The number of hydrogen-bond acceptors (Lipinski definition) is 4. The summed E-state index contributed by atoms with van der Waals surface area (Å²) in [6, 6.07) is 18.0. The van der Waals surface area contributed by atoms with Crippen LogP contribution in [0.3, 0.4) is 0 Å². The van der Waals surface area contributed by atoms with E-state index in [0.29, 0.717) is 21.6 Å². The third-order valence-corrected chi connectivity index (χ3v) is 6.05. The van der Waals surface area contributed by atoms with Gasteiger partial charge in [0, 0.05) is 26.5 Å². The molecule has 31 heavy (non-hydrogen) atoms. The van der Waals surface area contributed by atoms with Crippen LogP contribution in [0.1, 0.15) is 44.3 Å². The van der Waals surface area contributed by atoms with Crippen LogP contribution in [0.25, 0.3) is 5.57 Å². The quantitative estimate of drug-likeness (QED) is 0.328. The van der Waals surface area contributed by atoms with Crippen LogP contribution in [0, 0.1) is 12.3 Å². The van der Waals surface area contributed by atoms with Crippen molar-refractivity contribution in [2.75, 3.05) is 0 Å². The van der Waals surface area contributed by atoms with Gasteiger partial charge in [-0.05, 0) is 36.8 Å². The number of allylic oxidation sites excluding steroid dienone is 4. The van der Waals surface area contributed by atoms with Crippen LogP contribution >= 0.6 is 11.8 Å². The first-order chi connectivity index (χ1) is 15.1. The molecule has 0 unspecified atom stereocenters. The van der Waals surface area contributed by atoms with Gasteiger partial charge in [-0.15, -0.1) is 6.42 Å². The molecule has 1 aliphatic carbocycles. The van der Waals surface area contributed by atoms with Crippen molar-refractivity contribution < 1.29 is 14.7 Å². The van der Waals surface area contributed by atoms with E-state index in [2.05, 4.69) is 5.92 Å². The lowest BCUT2D eigenvalue weighted by Crippen LogP contribution is -2.22. The van der Waals surface area contributed by atoms with Crippen molar-refractivity contribution in [3.63, 3.8) is 0 Å². The maximum atomic E-state index is 13.4. The third-order valence-electron chi connectivity index (χ3n) is 5.00. The molecular formula is C27H18O3S. The van der Waals surface area contributed by atoms with E-state index in [1.165, 1.54) is 17.8 Å². The molecule has 4 rings (SSSR count). The summed E-state index contributed by atoms with van der Waals surface area (Å²) in [6.45, 7) is 1.84. The highest BCUT2D eigenvalue weighted by Crippen LogP contribution is 2.44. The Morgan fingerprint density at radius 2 is 1.58 bits per heavy atom. The monoisotopic (exact) mass is 422 g/mol. The standard InChI is InChI=1S/C27H18O3S/c1-3-10-17(11-4-2)21-16-22(31-18-12-6-5-7-13-18)23-24(27(21)30)26(29)20-15-9-8-14-19(20)25(23)28/h1,4-16,30H,2H3/b11-4-,17-10+. The molecule has 0 fully saturated rings. The second kappa shape index (κ2) is 8.51. The molecule has 4 heteroatoms. The number of hydrogen-bond donors (Lipinski definition) is 1. The molecule has 0 bridgehead atoms. The zero-order chi connectivity index (χ0) is 22.0. The van der Waals surface area contributed by atoms with E-state index >= 15 is 0 Å². The number of ketones is 2. The van der Waals surface area contributed by atoms with E-state index in [9.17, 15) is 14.7 Å². The van der Waals surface area contributed by atoms with Gasteiger partial charge in [-0.2, -0.15) is 0 Å². The molecule has 0 saturated heterocycles. The Kier molecular flexibility index (Phi) is 5.62. The van der Waals surface area contributed by atoms with Gasteiger partial charge in [-0.1, -0.05) is 72.3 Å². The van der Waals surface area contributed by atoms with Crippen molar-refractivity contribution in [2.24, 2.45) is 0 Å². The Hall–Kier alpha value is -3.81. The van der Waals surface area contributed by atoms with Crippen molar-refractivity contribution >= 4 is 28.9 Å². The van der Waals surface area contributed by atoms with Gasteiger partial charge in [0.1, 0.15) is 5.75 Å². The predicted molar refractivity (Wildman–Crippen MR) is 124 cm³/mol. The van der Waals surface area contributed by atoms with Crippen molar-refractivity contribution in [2.45, 2.75) is 16.7 Å². The van der Waals surface area contributed by atoms with E-state index in [1.54, 1.807) is 42.5 Å². The Balaban J connectivity index is 2.03. The summed E-state index contributed by atoms with van der Waals surface area (Å²) in [4.78, 5) is 28.3. The molecule has 0 aliphatic heterocycles. The van der Waals surface area contributed by atoms with Crippen LogP contribution in [-0.4, -0.2) is 16.7 Å². The number of rotatable bonds is 4. The fraction of sp³-hybridized carbons (Fsp3) is 0.0370. The number of aromatic hydroxyl groups is 1. The Labute approximate surface area is 185 Å². The number of phenols is 1. The number of benzene rings is 3. The maximum absolute atomic E-state index is 13.4. The van der Waals surface area contributed by atoms with Crippen LogP contribution in [-0.2, 0) is 0 Å². The highest BCUT2D eigenvalue weighted by molar-refractivity contribution is 7.99. The third kappa shape index (κ3) is 3.61. The fourth-order valence-electron chi connectivity index (χ4n) is 3.64. The number of carbonyl (C=O) groups is 2. The van der Waals surface area contributed by atoms with E-state index in [4.69, 9.17) is 6.42 Å². The minimum absolute atomic E-state index is 0.0204. The van der Waals surface area contributed by atoms with Gasteiger partial charge in [0.15, 0.2) is 11.6 Å². The summed E-state index contributed by atoms with van der Waals surface area (Å²) in [6.07, 6.45) is 10.6. The molecule has 0 radical (unpaired) electrons. The molecule has 0 aromatic heterocycles. The molecule has 1 aliphatic rings. The number of carbonyl (C=O) groups excluding carboxylic acids is 2. The Morgan fingerprint density at radius 3 is 2.19 bits per heavy atom. The van der Waals surface area contributed by atoms with Crippen LogP contribution in [0.4, 0.5) is 0 Å². The zero-order valence-corrected chi connectivity index (χ0v) is 17.6. The molecule has 3 aromatic rings. The van der Waals surface area contributed by atoms with Crippen molar-refractivity contribution in [1.82, 2.24) is 0 Å². The molecule has 0 spiro atoms. The fourth-order valence-corrected chi connectivity index (χ4v) is 4.66. The lowest BCUT2D eigenvalue weighted by molar-refractivity contribution is 0.0974. The van der Waals surface area contributed by atoms with Gasteiger partial charge in [0.05, 0.1) is 11.1 Å². The van der Waals surface area contributed by atoms with Gasteiger partial charge in [-0.25, -0.2) is 0 Å². The second-order valence-electron chi connectivity index (χ2n) is 6.91. The Morgan fingerprint density at radius 1 is 0.968 bits per heavy atom. The van der Waals surface area contributed by atoms with E-state index < -0.39 is 0 Å². The highest BCUT2D eigenvalue weighted by atomic mass is 32.2. The van der Waals surface area contributed by atoms with Crippen molar-refractivity contribution in [3.8, 4) is 18.1 Å². The first kappa shape index (κ1) is 20.5. The summed E-state index contributed by atoms with van der Waals surface area (Å²) in [7, 11) is 0. The lowest BCUT2D eigenvalue weighted by Gasteiger charge is -2.23. The molecule has 3 aromatic carbocycles. The summed E-state index contributed by atoms with van der Waals surface area (Å²) < 4.78 is 0. The topological polar surface area (TPSA) is 54.4 Å². The second-order valence-corrected chi connectivity index (χ2v) is 8.02. The number of terminal acetylenes is 1. The molecule has 0 saturated carbocycles. The van der Waals surface area contributed by atoms with Gasteiger partial charge >= 0.3 is 0 Å². The number of phenolic OH excluding ortho intramolecular Hbond substituents is 1. The molecule has 0 atom stereocenters. The maximum Gasteiger partial charge on any atom is 0.198 e. The zero-order valence-electron chi connectivity index (χ0n) is 16.8. The molecule has 3 nitrogen and oxygen atoms in total. The van der Waals surface area contributed by atoms with Gasteiger partial charge in [-0.3, -0.25) is 9.59 Å². The predicted octanol–water partition coefficient (Wildman–Crippen LogP) is 5.91. The van der Waals surface area contributed by atoms with Gasteiger partial charge < -0.3 is 5.11 Å². The summed E-state index contributed by atoms with van der Waals surface area (Å²) in [5.41, 5.74) is 1.87. The molecular weight excluding hydrogens is 404 g/mol. The van der Waals surface area contributed by atoms with E-state index in [0.717, 1.165) is 4.90 Å². The molecule has 0 heterocycles. The largest absolute Gasteiger partial charge is 0.507 e. The Bertz CT molecular complexity index is 1310. The average Bonchev–Trinajstić information content (AvgIpc) is 2.79. The minimum atomic E-state index is -0.375. The van der Waals surface area contributed by atoms with Crippen LogP contribution in [0.5, 0.6) is 5.75 Å². The summed E-state index contributed by atoms with van der Waals surface area (Å²) >= 11 is 1.37. The SMILES string of the molecule is C#C/C=C(\C=C/C)c1cc(Sc2ccccc2)c2c(c1O)C(=O)c1ccccc1C2=O. The first-order valence-corrected chi connectivity index (χ1v) is 10.5. The van der Waals surface area contributed by atoms with Gasteiger partial charge in [0.2, 0.25) is 0 Å². The lowest BCUT2D eigenvalue weighted by atomic mass is 9.81. The van der Waals surface area contributed by atoms with Crippen LogP contribution in [0.2, 0.25) is 0 Å². The van der Waals surface area contributed by atoms with Crippen LogP contribution < -0.4 is 0 Å². The summed E-state index contributed by atoms with van der Waals surface area (Å²) in [5.74, 6) is 1.59. The molecule has 150 valence electrons. The minimum Gasteiger partial charge on any atom is -0.507 e.